The molecule has 24 heavy (non-hydrogen) atoms. The molecule has 0 saturated carbocycles. The lowest BCUT2D eigenvalue weighted by atomic mass is 9.93. The number of aryl methyl sites for hydroxylation is 1. The van der Waals surface area contributed by atoms with Crippen molar-refractivity contribution in [1.82, 2.24) is 5.32 Å². The molecule has 1 amide bonds. The van der Waals surface area contributed by atoms with Crippen molar-refractivity contribution in [3.8, 4) is 11.5 Å². The monoisotopic (exact) mass is 325 g/mol. The van der Waals surface area contributed by atoms with Gasteiger partial charge in [-0.25, -0.2) is 0 Å². The minimum absolute atomic E-state index is 0.0405. The highest BCUT2D eigenvalue weighted by molar-refractivity contribution is 5.77. The standard InChI is InChI=1S/C20H23NO3/c1-20(2,16-9-10-17-18(14-16)24-13-12-23-17)21-19(22)11-8-15-6-4-3-5-7-15/h3-7,9-10,14H,8,11-13H2,1-2H3,(H,21,22). The highest BCUT2D eigenvalue weighted by atomic mass is 16.6. The van der Waals surface area contributed by atoms with Crippen LogP contribution in [0.3, 0.4) is 0 Å². The minimum atomic E-state index is -0.469. The first-order valence-electron chi connectivity index (χ1n) is 8.30. The van der Waals surface area contributed by atoms with E-state index >= 15 is 0 Å². The molecule has 1 heterocycles. The number of carbonyl (C=O) groups is 1. The molecule has 2 aromatic rings. The summed E-state index contributed by atoms with van der Waals surface area (Å²) in [7, 11) is 0. The van der Waals surface area contributed by atoms with E-state index in [9.17, 15) is 4.79 Å². The molecular weight excluding hydrogens is 302 g/mol. The van der Waals surface area contributed by atoms with Gasteiger partial charge in [-0.15, -0.1) is 0 Å². The van der Waals surface area contributed by atoms with Gasteiger partial charge in [-0.3, -0.25) is 4.79 Å². The zero-order valence-electron chi connectivity index (χ0n) is 14.2. The molecule has 0 radical (unpaired) electrons. The number of ether oxygens (including phenoxy) is 2. The van der Waals surface area contributed by atoms with Gasteiger partial charge in [0.25, 0.3) is 0 Å². The molecule has 126 valence electrons. The fraction of sp³-hybridized carbons (Fsp3) is 0.350. The SMILES string of the molecule is CC(C)(NC(=O)CCc1ccccc1)c1ccc2c(c1)OCCO2. The molecule has 4 heteroatoms. The highest BCUT2D eigenvalue weighted by Crippen LogP contribution is 2.34. The molecule has 1 aliphatic heterocycles. The fourth-order valence-electron chi connectivity index (χ4n) is 2.82. The molecule has 3 rings (SSSR count). The zero-order chi connectivity index (χ0) is 17.0. The quantitative estimate of drug-likeness (QED) is 0.916. The number of hydrogen-bond acceptors (Lipinski definition) is 3. The largest absolute Gasteiger partial charge is 0.486 e. The minimum Gasteiger partial charge on any atom is -0.486 e. The van der Waals surface area contributed by atoms with Crippen LogP contribution in [-0.4, -0.2) is 19.1 Å². The Morgan fingerprint density at radius 1 is 1.04 bits per heavy atom. The van der Waals surface area contributed by atoms with Crippen molar-refractivity contribution in [2.45, 2.75) is 32.2 Å². The van der Waals surface area contributed by atoms with Crippen LogP contribution in [0.15, 0.2) is 48.5 Å². The number of rotatable bonds is 5. The van der Waals surface area contributed by atoms with Crippen LogP contribution in [0.4, 0.5) is 0 Å². The Labute approximate surface area is 142 Å². The molecule has 4 nitrogen and oxygen atoms in total. The molecular formula is C20H23NO3. The third-order valence-corrected chi connectivity index (χ3v) is 4.20. The van der Waals surface area contributed by atoms with E-state index in [4.69, 9.17) is 9.47 Å². The van der Waals surface area contributed by atoms with E-state index < -0.39 is 5.54 Å². The lowest BCUT2D eigenvalue weighted by Crippen LogP contribution is -2.41. The molecule has 0 unspecified atom stereocenters. The van der Waals surface area contributed by atoms with Crippen LogP contribution in [0.1, 0.15) is 31.4 Å². The van der Waals surface area contributed by atoms with Crippen LogP contribution in [0.25, 0.3) is 0 Å². The summed E-state index contributed by atoms with van der Waals surface area (Å²) >= 11 is 0. The second kappa shape index (κ2) is 6.95. The normalized spacial score (nSPS) is 13.4. The van der Waals surface area contributed by atoms with Gasteiger partial charge in [0.05, 0.1) is 5.54 Å². The molecule has 0 aliphatic carbocycles. The van der Waals surface area contributed by atoms with Gasteiger partial charge in [0, 0.05) is 6.42 Å². The number of fused-ring (bicyclic) bond motifs is 1. The molecule has 0 aromatic heterocycles. The van der Waals surface area contributed by atoms with Crippen LogP contribution in [0.2, 0.25) is 0 Å². The van der Waals surface area contributed by atoms with E-state index in [-0.39, 0.29) is 5.91 Å². The fourth-order valence-corrected chi connectivity index (χ4v) is 2.82. The highest BCUT2D eigenvalue weighted by Gasteiger charge is 2.25. The van der Waals surface area contributed by atoms with Gasteiger partial charge in [0.15, 0.2) is 11.5 Å². The van der Waals surface area contributed by atoms with Crippen molar-refractivity contribution in [1.29, 1.82) is 0 Å². The van der Waals surface area contributed by atoms with E-state index in [0.29, 0.717) is 19.6 Å². The van der Waals surface area contributed by atoms with E-state index in [1.54, 1.807) is 0 Å². The number of benzene rings is 2. The lowest BCUT2D eigenvalue weighted by molar-refractivity contribution is -0.122. The first kappa shape index (κ1) is 16.4. The van der Waals surface area contributed by atoms with Crippen LogP contribution in [0, 0.1) is 0 Å². The van der Waals surface area contributed by atoms with Gasteiger partial charge in [0.2, 0.25) is 5.91 Å². The summed E-state index contributed by atoms with van der Waals surface area (Å²) in [5, 5.41) is 3.11. The number of carbonyl (C=O) groups excluding carboxylic acids is 1. The second-order valence-corrected chi connectivity index (χ2v) is 6.52. The maximum Gasteiger partial charge on any atom is 0.221 e. The molecule has 0 spiro atoms. The van der Waals surface area contributed by atoms with Crippen molar-refractivity contribution in [3.05, 3.63) is 59.7 Å². The number of hydrogen-bond donors (Lipinski definition) is 1. The van der Waals surface area contributed by atoms with Crippen LogP contribution in [0.5, 0.6) is 11.5 Å². The number of nitrogens with one attached hydrogen (secondary N) is 1. The van der Waals surface area contributed by atoms with E-state index in [1.807, 2.05) is 62.4 Å². The third-order valence-electron chi connectivity index (χ3n) is 4.20. The first-order valence-corrected chi connectivity index (χ1v) is 8.30. The average molecular weight is 325 g/mol. The Morgan fingerprint density at radius 3 is 2.50 bits per heavy atom. The summed E-state index contributed by atoms with van der Waals surface area (Å²) in [5.41, 5.74) is 1.70. The first-order chi connectivity index (χ1) is 11.5. The summed E-state index contributed by atoms with van der Waals surface area (Å²) in [5.74, 6) is 1.54. The van der Waals surface area contributed by atoms with Crippen molar-refractivity contribution in [2.24, 2.45) is 0 Å². The predicted octanol–water partition coefficient (Wildman–Crippen LogP) is 3.44. The van der Waals surface area contributed by atoms with Gasteiger partial charge in [-0.05, 0) is 43.5 Å². The van der Waals surface area contributed by atoms with E-state index in [0.717, 1.165) is 23.5 Å². The molecule has 1 N–H and O–H groups in total. The Morgan fingerprint density at radius 2 is 1.75 bits per heavy atom. The molecule has 0 bridgehead atoms. The summed E-state index contributed by atoms with van der Waals surface area (Å²) < 4.78 is 11.2. The molecule has 2 aromatic carbocycles. The Hall–Kier alpha value is -2.49. The zero-order valence-corrected chi connectivity index (χ0v) is 14.2. The van der Waals surface area contributed by atoms with Gasteiger partial charge in [-0.1, -0.05) is 36.4 Å². The maximum atomic E-state index is 12.3. The van der Waals surface area contributed by atoms with Crippen LogP contribution in [-0.2, 0) is 16.8 Å². The molecule has 0 atom stereocenters. The van der Waals surface area contributed by atoms with Crippen molar-refractivity contribution < 1.29 is 14.3 Å². The van der Waals surface area contributed by atoms with Crippen LogP contribution >= 0.6 is 0 Å². The van der Waals surface area contributed by atoms with Crippen LogP contribution < -0.4 is 14.8 Å². The second-order valence-electron chi connectivity index (χ2n) is 6.52. The lowest BCUT2D eigenvalue weighted by Gasteiger charge is -2.28. The Bertz CT molecular complexity index is 710. The topological polar surface area (TPSA) is 47.6 Å². The summed E-state index contributed by atoms with van der Waals surface area (Å²) in [4.78, 5) is 12.3. The van der Waals surface area contributed by atoms with Crippen molar-refractivity contribution in [3.63, 3.8) is 0 Å². The third kappa shape index (κ3) is 3.88. The molecule has 1 aliphatic rings. The predicted molar refractivity (Wildman–Crippen MR) is 93.4 cm³/mol. The summed E-state index contributed by atoms with van der Waals surface area (Å²) in [6.07, 6.45) is 1.21. The van der Waals surface area contributed by atoms with Gasteiger partial charge >= 0.3 is 0 Å². The van der Waals surface area contributed by atoms with Gasteiger partial charge in [-0.2, -0.15) is 0 Å². The Kier molecular flexibility index (Phi) is 4.74. The molecule has 0 fully saturated rings. The average Bonchev–Trinajstić information content (AvgIpc) is 2.60. The summed E-state index contributed by atoms with van der Waals surface area (Å²) in [6.45, 7) is 5.13. The Balaban J connectivity index is 1.63. The molecule has 0 saturated heterocycles. The maximum absolute atomic E-state index is 12.3. The summed E-state index contributed by atoms with van der Waals surface area (Å²) in [6, 6.07) is 15.9. The smallest absolute Gasteiger partial charge is 0.221 e. The van der Waals surface area contributed by atoms with Crippen molar-refractivity contribution >= 4 is 5.91 Å². The van der Waals surface area contributed by atoms with E-state index in [2.05, 4.69) is 5.32 Å². The van der Waals surface area contributed by atoms with E-state index in [1.165, 1.54) is 5.56 Å². The number of amides is 1. The van der Waals surface area contributed by atoms with Gasteiger partial charge < -0.3 is 14.8 Å². The van der Waals surface area contributed by atoms with Gasteiger partial charge in [0.1, 0.15) is 13.2 Å². The van der Waals surface area contributed by atoms with Crippen molar-refractivity contribution in [2.75, 3.05) is 13.2 Å².